The number of carbonyl (C=O) groups excluding carboxylic acids is 1. The Morgan fingerprint density at radius 1 is 1.32 bits per heavy atom. The third-order valence-corrected chi connectivity index (χ3v) is 5.52. The van der Waals surface area contributed by atoms with E-state index in [0.717, 1.165) is 25.0 Å². The number of benzene rings is 1. The quantitative estimate of drug-likeness (QED) is 0.858. The summed E-state index contributed by atoms with van der Waals surface area (Å²) in [5, 5.41) is 2.75. The number of nitrogens with one attached hydrogen (secondary N) is 2. The lowest BCUT2D eigenvalue weighted by molar-refractivity contribution is -0.116. The van der Waals surface area contributed by atoms with E-state index in [2.05, 4.69) is 10.0 Å². The van der Waals surface area contributed by atoms with Gasteiger partial charge in [-0.25, -0.2) is 13.1 Å². The molecule has 0 unspecified atom stereocenters. The van der Waals surface area contributed by atoms with E-state index in [1.807, 2.05) is 0 Å². The van der Waals surface area contributed by atoms with Crippen LogP contribution >= 0.6 is 0 Å². The molecule has 2 heterocycles. The van der Waals surface area contributed by atoms with Gasteiger partial charge in [-0.1, -0.05) is 0 Å². The highest BCUT2D eigenvalue weighted by molar-refractivity contribution is 7.89. The van der Waals surface area contributed by atoms with Crippen LogP contribution in [0.3, 0.4) is 0 Å². The van der Waals surface area contributed by atoms with Crippen LogP contribution in [0.1, 0.15) is 31.2 Å². The highest BCUT2D eigenvalue weighted by Gasteiger charge is 2.21. The number of fused-ring (bicyclic) bond motifs is 1. The van der Waals surface area contributed by atoms with Crippen LogP contribution in [0.2, 0.25) is 0 Å². The number of sulfonamides is 1. The van der Waals surface area contributed by atoms with Gasteiger partial charge in [0.25, 0.3) is 0 Å². The Bertz CT molecular complexity index is 666. The minimum Gasteiger partial charge on any atom is -0.378 e. The second kappa shape index (κ2) is 6.36. The zero-order valence-electron chi connectivity index (χ0n) is 12.3. The Hall–Kier alpha value is -1.44. The average Bonchev–Trinajstić information content (AvgIpc) is 2.99. The molecule has 2 aliphatic heterocycles. The molecule has 0 saturated carbocycles. The van der Waals surface area contributed by atoms with Gasteiger partial charge in [0.1, 0.15) is 0 Å². The number of anilines is 1. The van der Waals surface area contributed by atoms with E-state index >= 15 is 0 Å². The topological polar surface area (TPSA) is 84.5 Å². The molecule has 0 bridgehead atoms. The number of rotatable bonds is 5. The van der Waals surface area contributed by atoms with E-state index in [1.54, 1.807) is 12.1 Å². The van der Waals surface area contributed by atoms with Crippen LogP contribution in [-0.4, -0.2) is 33.6 Å². The normalized spacial score (nSPS) is 21.5. The van der Waals surface area contributed by atoms with Gasteiger partial charge in [0.05, 0.1) is 11.0 Å². The molecule has 2 aliphatic rings. The molecule has 7 heteroatoms. The van der Waals surface area contributed by atoms with Gasteiger partial charge in [0, 0.05) is 25.3 Å². The van der Waals surface area contributed by atoms with Gasteiger partial charge in [0.2, 0.25) is 15.9 Å². The number of aryl methyl sites for hydroxylation is 1. The molecule has 3 rings (SSSR count). The number of carbonyl (C=O) groups is 1. The van der Waals surface area contributed by atoms with Crippen molar-refractivity contribution in [3.05, 3.63) is 23.8 Å². The zero-order valence-corrected chi connectivity index (χ0v) is 13.1. The van der Waals surface area contributed by atoms with Crippen LogP contribution in [0.5, 0.6) is 0 Å². The number of amides is 1. The molecule has 1 saturated heterocycles. The van der Waals surface area contributed by atoms with Crippen LogP contribution in [0, 0.1) is 0 Å². The molecule has 2 N–H and O–H groups in total. The highest BCUT2D eigenvalue weighted by Crippen LogP contribution is 2.25. The molecule has 1 aromatic rings. The van der Waals surface area contributed by atoms with Gasteiger partial charge >= 0.3 is 0 Å². The van der Waals surface area contributed by atoms with E-state index in [0.29, 0.717) is 31.5 Å². The monoisotopic (exact) mass is 324 g/mol. The predicted molar refractivity (Wildman–Crippen MR) is 82.2 cm³/mol. The number of hydrogen-bond acceptors (Lipinski definition) is 4. The maximum atomic E-state index is 12.3. The largest absolute Gasteiger partial charge is 0.378 e. The third-order valence-electron chi connectivity index (χ3n) is 4.06. The van der Waals surface area contributed by atoms with E-state index in [-0.39, 0.29) is 16.9 Å². The molecular weight excluding hydrogens is 304 g/mol. The molecule has 22 heavy (non-hydrogen) atoms. The van der Waals surface area contributed by atoms with E-state index in [1.165, 1.54) is 6.07 Å². The molecule has 1 fully saturated rings. The minimum atomic E-state index is -3.52. The lowest BCUT2D eigenvalue weighted by Crippen LogP contribution is -2.27. The van der Waals surface area contributed by atoms with Crippen molar-refractivity contribution < 1.29 is 17.9 Å². The Morgan fingerprint density at radius 3 is 2.95 bits per heavy atom. The van der Waals surface area contributed by atoms with E-state index in [9.17, 15) is 13.2 Å². The van der Waals surface area contributed by atoms with E-state index < -0.39 is 10.0 Å². The number of ether oxygens (including phenoxy) is 1. The van der Waals surface area contributed by atoms with Gasteiger partial charge in [-0.3, -0.25) is 4.79 Å². The van der Waals surface area contributed by atoms with Crippen molar-refractivity contribution in [2.75, 3.05) is 18.5 Å². The Morgan fingerprint density at radius 2 is 2.18 bits per heavy atom. The standard InChI is InChI=1S/C15H20N2O4S/c18-15-6-3-11-10-13(4-5-14(11)17-15)22(19,20)16-8-7-12-2-1-9-21-12/h4-5,10,12,16H,1-3,6-9H2,(H,17,18)/t12-/m1/s1. The summed E-state index contributed by atoms with van der Waals surface area (Å²) < 4.78 is 32.7. The zero-order chi connectivity index (χ0) is 15.6. The maximum absolute atomic E-state index is 12.3. The molecule has 0 aliphatic carbocycles. The maximum Gasteiger partial charge on any atom is 0.240 e. The van der Waals surface area contributed by atoms with Gasteiger partial charge in [0.15, 0.2) is 0 Å². The van der Waals surface area contributed by atoms with Crippen molar-refractivity contribution >= 4 is 21.6 Å². The molecule has 0 spiro atoms. The first-order chi connectivity index (χ1) is 10.5. The summed E-state index contributed by atoms with van der Waals surface area (Å²) in [6.45, 7) is 1.15. The summed E-state index contributed by atoms with van der Waals surface area (Å²) in [4.78, 5) is 11.6. The Balaban J connectivity index is 1.65. The van der Waals surface area contributed by atoms with Crippen LogP contribution in [0.15, 0.2) is 23.1 Å². The fourth-order valence-electron chi connectivity index (χ4n) is 2.84. The molecular formula is C15H20N2O4S. The SMILES string of the molecule is O=C1CCc2cc(S(=O)(=O)NCC[C@H]3CCCO3)ccc2N1. The molecule has 6 nitrogen and oxygen atoms in total. The van der Waals surface area contributed by atoms with Crippen LogP contribution < -0.4 is 10.0 Å². The molecule has 1 amide bonds. The first-order valence-corrected chi connectivity index (χ1v) is 9.07. The molecule has 1 aromatic carbocycles. The highest BCUT2D eigenvalue weighted by atomic mass is 32.2. The minimum absolute atomic E-state index is 0.0298. The summed E-state index contributed by atoms with van der Waals surface area (Å²) in [5.74, 6) is -0.0298. The van der Waals surface area contributed by atoms with Gasteiger partial charge in [-0.2, -0.15) is 0 Å². The average molecular weight is 324 g/mol. The molecule has 0 radical (unpaired) electrons. The fraction of sp³-hybridized carbons (Fsp3) is 0.533. The van der Waals surface area contributed by atoms with Crippen molar-refractivity contribution in [3.8, 4) is 0 Å². The second-order valence-corrected chi connectivity index (χ2v) is 7.46. The Kier molecular flexibility index (Phi) is 4.46. The van der Waals surface area contributed by atoms with Crippen molar-refractivity contribution in [1.82, 2.24) is 4.72 Å². The first-order valence-electron chi connectivity index (χ1n) is 7.59. The van der Waals surface area contributed by atoms with Crippen LogP contribution in [-0.2, 0) is 26.0 Å². The van der Waals surface area contributed by atoms with Crippen molar-refractivity contribution in [3.63, 3.8) is 0 Å². The lowest BCUT2D eigenvalue weighted by Gasteiger charge is -2.18. The Labute approximate surface area is 130 Å². The summed E-state index contributed by atoms with van der Waals surface area (Å²) in [6.07, 6.45) is 3.87. The van der Waals surface area contributed by atoms with E-state index in [4.69, 9.17) is 4.74 Å². The number of hydrogen-bond donors (Lipinski definition) is 2. The van der Waals surface area contributed by atoms with Gasteiger partial charge in [-0.05, 0) is 49.4 Å². The predicted octanol–water partition coefficient (Wildman–Crippen LogP) is 1.42. The summed E-state index contributed by atoms with van der Waals surface area (Å²) in [7, 11) is -3.52. The van der Waals surface area contributed by atoms with Gasteiger partial charge in [-0.15, -0.1) is 0 Å². The smallest absolute Gasteiger partial charge is 0.240 e. The van der Waals surface area contributed by atoms with Crippen LogP contribution in [0.4, 0.5) is 5.69 Å². The summed E-state index contributed by atoms with van der Waals surface area (Å²) in [6, 6.07) is 4.82. The lowest BCUT2D eigenvalue weighted by atomic mass is 10.0. The molecule has 0 aromatic heterocycles. The first kappa shape index (κ1) is 15.5. The molecule has 120 valence electrons. The third kappa shape index (κ3) is 3.48. The summed E-state index contributed by atoms with van der Waals surface area (Å²) in [5.41, 5.74) is 1.57. The van der Waals surface area contributed by atoms with Gasteiger partial charge < -0.3 is 10.1 Å². The van der Waals surface area contributed by atoms with Crippen molar-refractivity contribution in [2.45, 2.75) is 43.1 Å². The van der Waals surface area contributed by atoms with Crippen LogP contribution in [0.25, 0.3) is 0 Å². The summed E-state index contributed by atoms with van der Waals surface area (Å²) >= 11 is 0. The molecule has 1 atom stereocenters. The van der Waals surface area contributed by atoms with Crippen molar-refractivity contribution in [1.29, 1.82) is 0 Å². The fourth-order valence-corrected chi connectivity index (χ4v) is 3.93. The van der Waals surface area contributed by atoms with Crippen molar-refractivity contribution in [2.24, 2.45) is 0 Å². The second-order valence-electron chi connectivity index (χ2n) is 5.69.